The number of nitrogens with one attached hydrogen (secondary N) is 1. The van der Waals surface area contributed by atoms with E-state index >= 15 is 0 Å². The van der Waals surface area contributed by atoms with Gasteiger partial charge in [0.25, 0.3) is 0 Å². The monoisotopic (exact) mass is 397 g/mol. The van der Waals surface area contributed by atoms with Gasteiger partial charge in [-0.25, -0.2) is 13.5 Å². The van der Waals surface area contributed by atoms with Crippen LogP contribution in [0, 0.1) is 11.6 Å². The molecule has 3 aromatic rings. The van der Waals surface area contributed by atoms with Gasteiger partial charge in [0.15, 0.2) is 5.82 Å². The van der Waals surface area contributed by atoms with Crippen molar-refractivity contribution in [3.63, 3.8) is 0 Å². The summed E-state index contributed by atoms with van der Waals surface area (Å²) in [5, 5.41) is 7.37. The van der Waals surface area contributed by atoms with Crippen molar-refractivity contribution < 1.29 is 18.3 Å². The molecule has 2 aromatic carbocycles. The van der Waals surface area contributed by atoms with E-state index in [0.717, 1.165) is 35.7 Å². The molecule has 1 N–H and O–H groups in total. The zero-order valence-corrected chi connectivity index (χ0v) is 16.0. The third kappa shape index (κ3) is 3.99. The first-order valence-electron chi connectivity index (χ1n) is 9.49. The minimum Gasteiger partial charge on any atom is -0.497 e. The first-order valence-corrected chi connectivity index (χ1v) is 9.49. The Morgan fingerprint density at radius 2 is 2.14 bits per heavy atom. The summed E-state index contributed by atoms with van der Waals surface area (Å²) < 4.78 is 34.2. The van der Waals surface area contributed by atoms with E-state index in [-0.39, 0.29) is 24.1 Å². The maximum atomic E-state index is 14.2. The maximum absolute atomic E-state index is 14.2. The highest BCUT2D eigenvalue weighted by atomic mass is 19.1. The van der Waals surface area contributed by atoms with E-state index in [1.54, 1.807) is 13.3 Å². The fraction of sp³-hybridized carbons (Fsp3) is 0.273. The van der Waals surface area contributed by atoms with Gasteiger partial charge in [-0.3, -0.25) is 4.79 Å². The molecule has 1 aliphatic rings. The molecule has 0 saturated heterocycles. The lowest BCUT2D eigenvalue weighted by Crippen LogP contribution is -2.32. The quantitative estimate of drug-likeness (QED) is 0.711. The predicted molar refractivity (Wildman–Crippen MR) is 104 cm³/mol. The number of carbonyl (C=O) groups is 1. The van der Waals surface area contributed by atoms with Crippen LogP contribution in [-0.4, -0.2) is 22.8 Å². The minimum absolute atomic E-state index is 0.100. The van der Waals surface area contributed by atoms with Crippen LogP contribution in [0.1, 0.15) is 35.7 Å². The third-order valence-electron chi connectivity index (χ3n) is 5.15. The van der Waals surface area contributed by atoms with Crippen molar-refractivity contribution in [1.82, 2.24) is 15.1 Å². The summed E-state index contributed by atoms with van der Waals surface area (Å²) >= 11 is 0. The van der Waals surface area contributed by atoms with Crippen molar-refractivity contribution in [2.45, 2.75) is 31.7 Å². The fourth-order valence-electron chi connectivity index (χ4n) is 3.78. The zero-order valence-electron chi connectivity index (χ0n) is 16.0. The number of carbonyl (C=O) groups excluding carboxylic acids is 1. The molecule has 0 saturated carbocycles. The number of halogens is 2. The second-order valence-corrected chi connectivity index (χ2v) is 7.09. The number of amides is 1. The summed E-state index contributed by atoms with van der Waals surface area (Å²) in [7, 11) is 1.59. The molecule has 0 aliphatic heterocycles. The van der Waals surface area contributed by atoms with Crippen LogP contribution >= 0.6 is 0 Å². The molecule has 0 fully saturated rings. The highest BCUT2D eigenvalue weighted by Crippen LogP contribution is 2.31. The van der Waals surface area contributed by atoms with Crippen molar-refractivity contribution >= 4 is 5.91 Å². The molecule has 1 unspecified atom stereocenters. The van der Waals surface area contributed by atoms with Crippen LogP contribution in [0.25, 0.3) is 5.69 Å². The Balaban J connectivity index is 1.53. The predicted octanol–water partition coefficient (Wildman–Crippen LogP) is 3.90. The average molecular weight is 397 g/mol. The summed E-state index contributed by atoms with van der Waals surface area (Å²) in [4.78, 5) is 12.6. The summed E-state index contributed by atoms with van der Waals surface area (Å²) in [5.74, 6) is -0.690. The second-order valence-electron chi connectivity index (χ2n) is 7.09. The first kappa shape index (κ1) is 19.1. The molecule has 1 heterocycles. The number of hydrogen-bond donors (Lipinski definition) is 1. The number of rotatable bonds is 5. The fourth-order valence-corrected chi connectivity index (χ4v) is 3.78. The van der Waals surface area contributed by atoms with Crippen LogP contribution in [0.4, 0.5) is 8.78 Å². The van der Waals surface area contributed by atoms with Crippen molar-refractivity contribution in [2.24, 2.45) is 0 Å². The van der Waals surface area contributed by atoms with Gasteiger partial charge in [-0.15, -0.1) is 0 Å². The van der Waals surface area contributed by atoms with Gasteiger partial charge < -0.3 is 10.1 Å². The van der Waals surface area contributed by atoms with Gasteiger partial charge in [0, 0.05) is 17.3 Å². The van der Waals surface area contributed by atoms with Crippen molar-refractivity contribution in [3.8, 4) is 11.4 Å². The third-order valence-corrected chi connectivity index (χ3v) is 5.15. The largest absolute Gasteiger partial charge is 0.497 e. The number of benzene rings is 2. The van der Waals surface area contributed by atoms with Crippen LogP contribution in [-0.2, 0) is 17.6 Å². The number of aromatic nitrogens is 2. The van der Waals surface area contributed by atoms with Gasteiger partial charge in [0.05, 0.1) is 25.8 Å². The minimum atomic E-state index is -0.667. The first-order chi connectivity index (χ1) is 14.0. The van der Waals surface area contributed by atoms with Crippen LogP contribution in [0.5, 0.6) is 5.75 Å². The molecule has 7 heteroatoms. The van der Waals surface area contributed by atoms with Crippen LogP contribution in [0.15, 0.2) is 48.7 Å². The highest BCUT2D eigenvalue weighted by molar-refractivity contribution is 5.79. The lowest BCUT2D eigenvalue weighted by atomic mass is 9.92. The van der Waals surface area contributed by atoms with E-state index in [0.29, 0.717) is 12.2 Å². The SMILES string of the molecule is COc1cccc(CC(=O)NC2CCCc3c2cnn3-c2ccc(F)cc2F)c1. The van der Waals surface area contributed by atoms with E-state index in [9.17, 15) is 13.6 Å². The Morgan fingerprint density at radius 3 is 2.93 bits per heavy atom. The van der Waals surface area contributed by atoms with Gasteiger partial charge in [0.2, 0.25) is 5.91 Å². The standard InChI is InChI=1S/C22H21F2N3O2/c1-29-16-5-2-4-14(10-16)11-22(28)26-19-6-3-7-20-17(19)13-25-27(20)21-9-8-15(23)12-18(21)24/h2,4-5,8-10,12-13,19H,3,6-7,11H2,1H3,(H,26,28). The lowest BCUT2D eigenvalue weighted by Gasteiger charge is -2.24. The molecule has 0 bridgehead atoms. The van der Waals surface area contributed by atoms with Gasteiger partial charge in [-0.1, -0.05) is 12.1 Å². The molecule has 0 spiro atoms. The molecule has 1 aromatic heterocycles. The number of fused-ring (bicyclic) bond motifs is 1. The highest BCUT2D eigenvalue weighted by Gasteiger charge is 2.26. The Bertz CT molecular complexity index is 1050. The molecule has 1 amide bonds. The zero-order chi connectivity index (χ0) is 20.4. The number of hydrogen-bond acceptors (Lipinski definition) is 3. The molecular weight excluding hydrogens is 376 g/mol. The van der Waals surface area contributed by atoms with Crippen molar-refractivity contribution in [3.05, 3.63) is 77.1 Å². The molecule has 1 atom stereocenters. The van der Waals surface area contributed by atoms with Crippen LogP contribution < -0.4 is 10.1 Å². The van der Waals surface area contributed by atoms with Crippen molar-refractivity contribution in [2.75, 3.05) is 7.11 Å². The molecule has 1 aliphatic carbocycles. The second kappa shape index (κ2) is 8.03. The molecular formula is C22H21F2N3O2. The van der Waals surface area contributed by atoms with E-state index in [2.05, 4.69) is 10.4 Å². The van der Waals surface area contributed by atoms with Crippen molar-refractivity contribution in [1.29, 1.82) is 0 Å². The number of nitrogens with zero attached hydrogens (tertiary/aromatic N) is 2. The Kier molecular flexibility index (Phi) is 5.29. The average Bonchev–Trinajstić information content (AvgIpc) is 3.13. The summed E-state index contributed by atoms with van der Waals surface area (Å²) in [5.41, 5.74) is 2.78. The molecule has 4 rings (SSSR count). The number of methoxy groups -OCH3 is 1. The van der Waals surface area contributed by atoms with Gasteiger partial charge in [-0.05, 0) is 49.1 Å². The maximum Gasteiger partial charge on any atom is 0.224 e. The van der Waals surface area contributed by atoms with Gasteiger partial charge >= 0.3 is 0 Å². The topological polar surface area (TPSA) is 56.1 Å². The Hall–Kier alpha value is -3.22. The molecule has 5 nitrogen and oxygen atoms in total. The molecule has 150 valence electrons. The summed E-state index contributed by atoms with van der Waals surface area (Å²) in [6.07, 6.45) is 4.24. The summed E-state index contributed by atoms with van der Waals surface area (Å²) in [6, 6.07) is 10.6. The normalized spacial score (nSPS) is 15.6. The van der Waals surface area contributed by atoms with Crippen LogP contribution in [0.3, 0.4) is 0 Å². The smallest absolute Gasteiger partial charge is 0.224 e. The summed E-state index contributed by atoms with van der Waals surface area (Å²) in [6.45, 7) is 0. The van der Waals surface area contributed by atoms with E-state index < -0.39 is 11.6 Å². The van der Waals surface area contributed by atoms with Gasteiger partial charge in [-0.2, -0.15) is 5.10 Å². The van der Waals surface area contributed by atoms with E-state index in [1.807, 2.05) is 24.3 Å². The van der Waals surface area contributed by atoms with Gasteiger partial charge in [0.1, 0.15) is 17.3 Å². The van der Waals surface area contributed by atoms with E-state index in [4.69, 9.17) is 4.74 Å². The molecule has 29 heavy (non-hydrogen) atoms. The Labute approximate surface area is 167 Å². The number of ether oxygens (including phenoxy) is 1. The molecule has 0 radical (unpaired) electrons. The lowest BCUT2D eigenvalue weighted by molar-refractivity contribution is -0.121. The van der Waals surface area contributed by atoms with Crippen LogP contribution in [0.2, 0.25) is 0 Å². The Morgan fingerprint density at radius 1 is 1.28 bits per heavy atom. The van der Waals surface area contributed by atoms with E-state index in [1.165, 1.54) is 16.8 Å².